The molecule has 27 heavy (non-hydrogen) atoms. The minimum Gasteiger partial charge on any atom is -0.423 e. The molecule has 0 aromatic heterocycles. The third-order valence-corrected chi connectivity index (χ3v) is 4.76. The lowest BCUT2D eigenvalue weighted by atomic mass is 9.89. The Morgan fingerprint density at radius 3 is 2.56 bits per heavy atom. The third-order valence-electron chi connectivity index (χ3n) is 4.51. The lowest BCUT2D eigenvalue weighted by molar-refractivity contribution is -0.125. The highest BCUT2D eigenvalue weighted by atomic mass is 35.5. The van der Waals surface area contributed by atoms with Crippen molar-refractivity contribution in [2.75, 3.05) is 0 Å². The number of esters is 1. The maximum Gasteiger partial charge on any atom is 0.343 e. The predicted molar refractivity (Wildman–Crippen MR) is 105 cm³/mol. The van der Waals surface area contributed by atoms with Gasteiger partial charge >= 0.3 is 5.97 Å². The van der Waals surface area contributed by atoms with Crippen LogP contribution in [0.1, 0.15) is 48.0 Å². The van der Waals surface area contributed by atoms with E-state index in [1.807, 2.05) is 6.07 Å². The molecule has 3 rings (SSSR count). The van der Waals surface area contributed by atoms with Crippen LogP contribution in [0.4, 0.5) is 0 Å². The topological polar surface area (TPSA) is 67.8 Å². The minimum absolute atomic E-state index is 0.0312. The highest BCUT2D eigenvalue weighted by Crippen LogP contribution is 2.23. The van der Waals surface area contributed by atoms with Crippen LogP contribution in [0.3, 0.4) is 0 Å². The van der Waals surface area contributed by atoms with Crippen LogP contribution in [-0.4, -0.2) is 18.1 Å². The highest BCUT2D eigenvalue weighted by molar-refractivity contribution is 6.30. The van der Waals surface area contributed by atoms with E-state index < -0.39 is 5.97 Å². The number of amides is 1. The lowest BCUT2D eigenvalue weighted by Gasteiger charge is -2.19. The summed E-state index contributed by atoms with van der Waals surface area (Å²) in [7, 11) is 0. The Bertz CT molecular complexity index is 828. The summed E-state index contributed by atoms with van der Waals surface area (Å²) >= 11 is 5.82. The first-order chi connectivity index (χ1) is 13.1. The van der Waals surface area contributed by atoms with Crippen LogP contribution in [0.25, 0.3) is 0 Å². The van der Waals surface area contributed by atoms with Crippen LogP contribution in [0.5, 0.6) is 5.75 Å². The number of nitrogens with zero attached hydrogens (tertiary/aromatic N) is 1. The zero-order valence-electron chi connectivity index (χ0n) is 14.9. The molecule has 0 spiro atoms. The number of benzene rings is 2. The van der Waals surface area contributed by atoms with E-state index in [0.717, 1.165) is 31.2 Å². The second-order valence-corrected chi connectivity index (χ2v) is 6.97. The van der Waals surface area contributed by atoms with Crippen molar-refractivity contribution < 1.29 is 14.3 Å². The van der Waals surface area contributed by atoms with Crippen molar-refractivity contribution in [3.63, 3.8) is 0 Å². The monoisotopic (exact) mass is 384 g/mol. The van der Waals surface area contributed by atoms with E-state index in [2.05, 4.69) is 10.5 Å². The first-order valence-corrected chi connectivity index (χ1v) is 9.40. The van der Waals surface area contributed by atoms with Crippen molar-refractivity contribution >= 4 is 29.7 Å². The molecule has 0 unspecified atom stereocenters. The lowest BCUT2D eigenvalue weighted by Crippen LogP contribution is -2.28. The number of carbonyl (C=O) groups excluding carboxylic acids is 2. The quantitative estimate of drug-likeness (QED) is 0.355. The largest absolute Gasteiger partial charge is 0.423 e. The van der Waals surface area contributed by atoms with Gasteiger partial charge in [0.05, 0.1) is 11.8 Å². The molecule has 1 amide bonds. The molecule has 1 aliphatic rings. The van der Waals surface area contributed by atoms with Crippen LogP contribution >= 0.6 is 11.6 Å². The van der Waals surface area contributed by atoms with Crippen molar-refractivity contribution in [1.29, 1.82) is 0 Å². The number of nitrogens with one attached hydrogen (secondary N) is 1. The Morgan fingerprint density at radius 1 is 1.07 bits per heavy atom. The number of halogens is 1. The summed E-state index contributed by atoms with van der Waals surface area (Å²) in [6.45, 7) is 0. The number of hydrogen-bond donors (Lipinski definition) is 1. The van der Waals surface area contributed by atoms with Crippen molar-refractivity contribution in [3.05, 3.63) is 64.7 Å². The van der Waals surface area contributed by atoms with E-state index in [-0.39, 0.29) is 11.8 Å². The summed E-state index contributed by atoms with van der Waals surface area (Å²) in [5.41, 5.74) is 3.74. The van der Waals surface area contributed by atoms with Gasteiger partial charge in [-0.2, -0.15) is 5.10 Å². The fraction of sp³-hybridized carbons (Fsp3) is 0.286. The average Bonchev–Trinajstić information content (AvgIpc) is 2.69. The Hall–Kier alpha value is -2.66. The molecular formula is C21H21ClN2O3. The molecule has 0 aliphatic heterocycles. The van der Waals surface area contributed by atoms with E-state index in [4.69, 9.17) is 16.3 Å². The summed E-state index contributed by atoms with van der Waals surface area (Å²) in [6.07, 6.45) is 6.80. The Balaban J connectivity index is 1.57. The Labute approximate surface area is 163 Å². The number of ether oxygens (including phenoxy) is 1. The number of hydrazone groups is 1. The van der Waals surface area contributed by atoms with E-state index in [9.17, 15) is 9.59 Å². The average molecular weight is 385 g/mol. The molecule has 0 radical (unpaired) electrons. The fourth-order valence-electron chi connectivity index (χ4n) is 3.04. The summed E-state index contributed by atoms with van der Waals surface area (Å²) < 4.78 is 5.37. The maximum atomic E-state index is 12.2. The number of hydrogen-bond acceptors (Lipinski definition) is 4. The minimum atomic E-state index is -0.466. The normalized spacial score (nSPS) is 14.9. The molecule has 6 heteroatoms. The maximum absolute atomic E-state index is 12.2. The van der Waals surface area contributed by atoms with Gasteiger partial charge in [-0.15, -0.1) is 0 Å². The first kappa shape index (κ1) is 19.1. The third kappa shape index (κ3) is 5.66. The van der Waals surface area contributed by atoms with Crippen molar-refractivity contribution in [1.82, 2.24) is 5.43 Å². The zero-order valence-corrected chi connectivity index (χ0v) is 15.6. The summed E-state index contributed by atoms with van der Waals surface area (Å²) in [5.74, 6) is -0.0392. The van der Waals surface area contributed by atoms with Gasteiger partial charge in [-0.1, -0.05) is 43.0 Å². The number of rotatable bonds is 5. The van der Waals surface area contributed by atoms with E-state index in [1.54, 1.807) is 48.7 Å². The van der Waals surface area contributed by atoms with E-state index >= 15 is 0 Å². The van der Waals surface area contributed by atoms with E-state index in [1.165, 1.54) is 6.42 Å². The predicted octanol–water partition coefficient (Wildman–Crippen LogP) is 4.59. The van der Waals surface area contributed by atoms with Gasteiger partial charge < -0.3 is 4.74 Å². The van der Waals surface area contributed by atoms with Gasteiger partial charge in [-0.25, -0.2) is 10.2 Å². The van der Waals surface area contributed by atoms with Gasteiger partial charge in [-0.05, 0) is 54.8 Å². The Kier molecular flexibility index (Phi) is 6.60. The molecule has 1 N–H and O–H groups in total. The first-order valence-electron chi connectivity index (χ1n) is 9.02. The molecule has 5 nitrogen and oxygen atoms in total. The van der Waals surface area contributed by atoms with Gasteiger partial charge in [0.25, 0.3) is 0 Å². The molecule has 2 aromatic rings. The van der Waals surface area contributed by atoms with Crippen molar-refractivity contribution in [2.45, 2.75) is 32.1 Å². The highest BCUT2D eigenvalue weighted by Gasteiger charge is 2.20. The number of carbonyl (C=O) groups is 2. The van der Waals surface area contributed by atoms with E-state index in [0.29, 0.717) is 16.3 Å². The second kappa shape index (κ2) is 9.33. The van der Waals surface area contributed by atoms with Gasteiger partial charge in [0.15, 0.2) is 0 Å². The molecule has 140 valence electrons. The van der Waals surface area contributed by atoms with Crippen LogP contribution < -0.4 is 10.2 Å². The molecule has 2 aromatic carbocycles. The van der Waals surface area contributed by atoms with Gasteiger partial charge in [0.2, 0.25) is 5.91 Å². The molecular weight excluding hydrogens is 364 g/mol. The standard InChI is InChI=1S/C21H21ClN2O3/c22-18-11-9-17(10-12-18)21(26)27-19-8-4-5-15(13-19)14-23-24-20(25)16-6-2-1-3-7-16/h4-5,8-14,16H,1-3,6-7H2,(H,24,25)/b23-14+. The molecule has 1 saturated carbocycles. The smallest absolute Gasteiger partial charge is 0.343 e. The molecule has 0 bridgehead atoms. The van der Waals surface area contributed by atoms with Gasteiger partial charge in [0, 0.05) is 10.9 Å². The molecule has 0 heterocycles. The summed E-state index contributed by atoms with van der Waals surface area (Å²) in [5, 5.41) is 4.58. The summed E-state index contributed by atoms with van der Waals surface area (Å²) in [4.78, 5) is 24.2. The van der Waals surface area contributed by atoms with Crippen molar-refractivity contribution in [3.8, 4) is 5.75 Å². The van der Waals surface area contributed by atoms with Crippen LogP contribution in [0.15, 0.2) is 53.6 Å². The molecule has 0 atom stereocenters. The zero-order chi connectivity index (χ0) is 19.1. The van der Waals surface area contributed by atoms with Gasteiger partial charge in [-0.3, -0.25) is 4.79 Å². The molecule has 1 fully saturated rings. The van der Waals surface area contributed by atoms with Gasteiger partial charge in [0.1, 0.15) is 5.75 Å². The van der Waals surface area contributed by atoms with Crippen LogP contribution in [0.2, 0.25) is 5.02 Å². The molecule has 0 saturated heterocycles. The fourth-order valence-corrected chi connectivity index (χ4v) is 3.16. The summed E-state index contributed by atoms with van der Waals surface area (Å²) in [6, 6.07) is 13.4. The molecule has 1 aliphatic carbocycles. The Morgan fingerprint density at radius 2 is 1.81 bits per heavy atom. The van der Waals surface area contributed by atoms with Crippen LogP contribution in [0, 0.1) is 5.92 Å². The van der Waals surface area contributed by atoms with Crippen molar-refractivity contribution in [2.24, 2.45) is 11.0 Å². The SMILES string of the molecule is O=C(Oc1cccc(/C=N/NC(=O)C2CCCCC2)c1)c1ccc(Cl)cc1. The second-order valence-electron chi connectivity index (χ2n) is 6.54. The van der Waals surface area contributed by atoms with Crippen LogP contribution in [-0.2, 0) is 4.79 Å².